The fraction of sp³-hybridized carbons (Fsp3) is 0.375. The van der Waals surface area contributed by atoms with E-state index in [0.29, 0.717) is 36.2 Å². The van der Waals surface area contributed by atoms with Crippen LogP contribution in [-0.2, 0) is 31.5 Å². The number of imidazole rings is 1. The third-order valence-electron chi connectivity index (χ3n) is 7.39. The van der Waals surface area contributed by atoms with Crippen molar-refractivity contribution in [1.82, 2.24) is 14.5 Å². The van der Waals surface area contributed by atoms with Crippen molar-refractivity contribution in [2.75, 3.05) is 26.2 Å². The number of rotatable bonds is 13. The zero-order valence-electron chi connectivity index (χ0n) is 23.4. The van der Waals surface area contributed by atoms with E-state index in [2.05, 4.69) is 4.90 Å². The number of fused-ring (bicyclic) bond motifs is 1. The van der Waals surface area contributed by atoms with Gasteiger partial charge in [0.1, 0.15) is 42.9 Å². The Hall–Kier alpha value is -3.75. The van der Waals surface area contributed by atoms with Gasteiger partial charge in [-0.05, 0) is 73.8 Å². The van der Waals surface area contributed by atoms with Gasteiger partial charge in [-0.15, -0.1) is 0 Å². The van der Waals surface area contributed by atoms with Crippen molar-refractivity contribution in [3.8, 4) is 17.2 Å². The van der Waals surface area contributed by atoms with Gasteiger partial charge in [0.05, 0.1) is 11.0 Å². The van der Waals surface area contributed by atoms with Crippen molar-refractivity contribution in [1.29, 1.82) is 0 Å². The molecular formula is C32H36ClN3O5. The molecule has 216 valence electrons. The molecule has 41 heavy (non-hydrogen) atoms. The highest BCUT2D eigenvalue weighted by atomic mass is 35.5. The quantitative estimate of drug-likeness (QED) is 0.200. The molecule has 9 heteroatoms. The van der Waals surface area contributed by atoms with Crippen LogP contribution in [0.4, 0.5) is 0 Å². The van der Waals surface area contributed by atoms with Crippen LogP contribution in [0.2, 0.25) is 5.02 Å². The number of benzene rings is 3. The molecule has 0 spiro atoms. The molecule has 0 bridgehead atoms. The van der Waals surface area contributed by atoms with Gasteiger partial charge in [0.2, 0.25) is 0 Å². The van der Waals surface area contributed by atoms with Crippen LogP contribution in [0.3, 0.4) is 0 Å². The third kappa shape index (κ3) is 7.93. The lowest BCUT2D eigenvalue weighted by molar-refractivity contribution is -0.136. The van der Waals surface area contributed by atoms with Crippen LogP contribution < -0.4 is 14.2 Å². The Morgan fingerprint density at radius 1 is 0.927 bits per heavy atom. The van der Waals surface area contributed by atoms with Crippen molar-refractivity contribution in [3.05, 3.63) is 82.6 Å². The standard InChI is InChI=1S/C32H36ClN3O5/c1-35-29-19-26(39-18-17-36-15-3-2-4-16-36)12-13-28(29)34-31(35)22-40-27-11-7-24(8-14-32(37)38)30(20-27)41-21-23-5-9-25(33)10-6-23/h5-7,9-13,19-20H,2-4,8,14-18,21-22H2,1H3,(H,37,38). The summed E-state index contributed by atoms with van der Waals surface area (Å²) in [6.45, 7) is 4.53. The predicted molar refractivity (Wildman–Crippen MR) is 159 cm³/mol. The Kier molecular flexibility index (Phi) is 9.64. The summed E-state index contributed by atoms with van der Waals surface area (Å²) in [6.07, 6.45) is 4.26. The van der Waals surface area contributed by atoms with Gasteiger partial charge in [-0.25, -0.2) is 4.98 Å². The molecule has 1 aromatic heterocycles. The molecule has 4 aromatic rings. The lowest BCUT2D eigenvalue weighted by Gasteiger charge is -2.26. The zero-order chi connectivity index (χ0) is 28.6. The summed E-state index contributed by atoms with van der Waals surface area (Å²) in [5.74, 6) is 1.97. The van der Waals surface area contributed by atoms with Crippen LogP contribution in [-0.4, -0.2) is 51.8 Å². The van der Waals surface area contributed by atoms with Crippen molar-refractivity contribution >= 4 is 28.6 Å². The second-order valence-electron chi connectivity index (χ2n) is 10.4. The number of carbonyl (C=O) groups is 1. The SMILES string of the molecule is Cn1c(COc2ccc(CCC(=O)O)c(OCc3ccc(Cl)cc3)c2)nc2ccc(OCCN3CCCCC3)cc21. The fourth-order valence-corrected chi connectivity index (χ4v) is 5.14. The van der Waals surface area contributed by atoms with Gasteiger partial charge in [-0.3, -0.25) is 9.69 Å². The van der Waals surface area contributed by atoms with Gasteiger partial charge in [0.25, 0.3) is 0 Å². The van der Waals surface area contributed by atoms with E-state index in [-0.39, 0.29) is 13.0 Å². The van der Waals surface area contributed by atoms with Crippen molar-refractivity contribution in [2.24, 2.45) is 7.05 Å². The van der Waals surface area contributed by atoms with Gasteiger partial charge < -0.3 is 23.9 Å². The van der Waals surface area contributed by atoms with E-state index in [1.165, 1.54) is 19.3 Å². The maximum atomic E-state index is 11.2. The Bertz CT molecular complexity index is 1460. The first-order chi connectivity index (χ1) is 19.9. The largest absolute Gasteiger partial charge is 0.492 e. The van der Waals surface area contributed by atoms with Gasteiger partial charge in [-0.2, -0.15) is 0 Å². The average Bonchev–Trinajstić information content (AvgIpc) is 3.30. The molecule has 0 atom stereocenters. The molecule has 1 aliphatic heterocycles. The zero-order valence-corrected chi connectivity index (χ0v) is 24.1. The molecule has 2 heterocycles. The van der Waals surface area contributed by atoms with E-state index in [1.54, 1.807) is 0 Å². The number of ether oxygens (including phenoxy) is 3. The second kappa shape index (κ2) is 13.7. The van der Waals surface area contributed by atoms with Crippen molar-refractivity contribution in [2.45, 2.75) is 45.3 Å². The van der Waals surface area contributed by atoms with Crippen molar-refractivity contribution in [3.63, 3.8) is 0 Å². The smallest absolute Gasteiger partial charge is 0.303 e. The molecular weight excluding hydrogens is 542 g/mol. The first kappa shape index (κ1) is 28.8. The molecule has 8 nitrogen and oxygen atoms in total. The summed E-state index contributed by atoms with van der Waals surface area (Å²) in [5, 5.41) is 9.82. The second-order valence-corrected chi connectivity index (χ2v) is 10.8. The first-order valence-electron chi connectivity index (χ1n) is 14.1. The van der Waals surface area contributed by atoms with Crippen LogP contribution in [0.15, 0.2) is 60.7 Å². The molecule has 0 aliphatic carbocycles. The number of hydrogen-bond acceptors (Lipinski definition) is 6. The number of likely N-dealkylation sites (tertiary alicyclic amines) is 1. The number of aliphatic carboxylic acids is 1. The van der Waals surface area contributed by atoms with Gasteiger partial charge in [0.15, 0.2) is 0 Å². The highest BCUT2D eigenvalue weighted by molar-refractivity contribution is 6.30. The lowest BCUT2D eigenvalue weighted by atomic mass is 10.1. The molecule has 1 fully saturated rings. The maximum Gasteiger partial charge on any atom is 0.303 e. The maximum absolute atomic E-state index is 11.2. The highest BCUT2D eigenvalue weighted by Gasteiger charge is 2.14. The highest BCUT2D eigenvalue weighted by Crippen LogP contribution is 2.29. The molecule has 3 aromatic carbocycles. The summed E-state index contributed by atoms with van der Waals surface area (Å²) < 4.78 is 20.3. The molecule has 0 radical (unpaired) electrons. The summed E-state index contributed by atoms with van der Waals surface area (Å²) in [5.41, 5.74) is 3.63. The topological polar surface area (TPSA) is 86.0 Å². The van der Waals surface area contributed by atoms with E-state index in [1.807, 2.05) is 72.3 Å². The lowest BCUT2D eigenvalue weighted by Crippen LogP contribution is -2.33. The van der Waals surface area contributed by atoms with Gasteiger partial charge in [0, 0.05) is 37.2 Å². The number of aryl methyl sites for hydroxylation is 2. The molecule has 1 aliphatic rings. The van der Waals surface area contributed by atoms with Crippen LogP contribution >= 0.6 is 11.6 Å². The minimum Gasteiger partial charge on any atom is -0.492 e. The van der Waals surface area contributed by atoms with E-state index in [0.717, 1.165) is 53.4 Å². The number of hydrogen-bond donors (Lipinski definition) is 1. The number of piperidine rings is 1. The molecule has 1 N–H and O–H groups in total. The molecule has 5 rings (SSSR count). The van der Waals surface area contributed by atoms with E-state index < -0.39 is 5.97 Å². The third-order valence-corrected chi connectivity index (χ3v) is 7.64. The number of halogens is 1. The summed E-state index contributed by atoms with van der Waals surface area (Å²) in [6, 6.07) is 18.9. The average molecular weight is 578 g/mol. The van der Waals surface area contributed by atoms with Gasteiger partial charge >= 0.3 is 5.97 Å². The van der Waals surface area contributed by atoms with E-state index in [4.69, 9.17) is 35.9 Å². The summed E-state index contributed by atoms with van der Waals surface area (Å²) in [4.78, 5) is 18.4. The Balaban J connectivity index is 1.23. The Morgan fingerprint density at radius 3 is 2.46 bits per heavy atom. The normalized spacial score (nSPS) is 13.8. The minimum atomic E-state index is -0.855. The Labute approximate surface area is 245 Å². The number of nitrogens with zero attached hydrogens (tertiary/aromatic N) is 3. The van der Waals surface area contributed by atoms with E-state index >= 15 is 0 Å². The Morgan fingerprint density at radius 2 is 1.68 bits per heavy atom. The van der Waals surface area contributed by atoms with Crippen LogP contribution in [0.5, 0.6) is 17.2 Å². The van der Waals surface area contributed by atoms with Crippen molar-refractivity contribution < 1.29 is 24.1 Å². The van der Waals surface area contributed by atoms with Gasteiger partial charge in [-0.1, -0.05) is 36.2 Å². The monoisotopic (exact) mass is 577 g/mol. The first-order valence-corrected chi connectivity index (χ1v) is 14.5. The number of aromatic nitrogens is 2. The van der Waals surface area contributed by atoms with Crippen LogP contribution in [0.1, 0.15) is 42.6 Å². The van der Waals surface area contributed by atoms with Crippen LogP contribution in [0.25, 0.3) is 11.0 Å². The number of carboxylic acid groups (broad SMARTS) is 1. The molecule has 0 unspecified atom stereocenters. The molecule has 1 saturated heterocycles. The molecule has 0 saturated carbocycles. The summed E-state index contributed by atoms with van der Waals surface area (Å²) >= 11 is 5.99. The van der Waals surface area contributed by atoms with E-state index in [9.17, 15) is 4.79 Å². The number of carboxylic acids is 1. The molecule has 0 amide bonds. The minimum absolute atomic E-state index is 0.0152. The predicted octanol–water partition coefficient (Wildman–Crippen LogP) is 6.27. The fourth-order valence-electron chi connectivity index (χ4n) is 5.01. The summed E-state index contributed by atoms with van der Waals surface area (Å²) in [7, 11) is 1.97. The van der Waals surface area contributed by atoms with Crippen LogP contribution in [0, 0.1) is 0 Å².